The molecule has 0 fully saturated rings. The smallest absolute Gasteiger partial charge is 0.341 e. The van der Waals surface area contributed by atoms with E-state index in [-0.39, 0.29) is 5.75 Å². The lowest BCUT2D eigenvalue weighted by molar-refractivity contribution is -0.147. The predicted octanol–water partition coefficient (Wildman–Crippen LogP) is 2.19. The third kappa shape index (κ3) is 3.21. The largest absolute Gasteiger partial charge is 0.508 e. The maximum atomic E-state index is 12.2. The molecule has 2 amide bonds. The average molecular weight is 290 g/mol. The van der Waals surface area contributed by atoms with Gasteiger partial charge in [0.15, 0.2) is 0 Å². The number of carbonyl (C=O) groups is 2. The molecule has 0 saturated carbocycles. The fourth-order valence-corrected chi connectivity index (χ4v) is 2.33. The van der Waals surface area contributed by atoms with Gasteiger partial charge in [-0.3, -0.25) is 4.79 Å². The Balaban J connectivity index is 2.36. The van der Waals surface area contributed by atoms with Crippen LogP contribution in [-0.4, -0.2) is 29.4 Å². The maximum Gasteiger partial charge on any atom is 0.341 e. The molecule has 6 heteroatoms. The fourth-order valence-electron chi connectivity index (χ4n) is 2.33. The Morgan fingerprint density at radius 3 is 2.81 bits per heavy atom. The van der Waals surface area contributed by atoms with Crippen molar-refractivity contribution >= 4 is 17.7 Å². The van der Waals surface area contributed by atoms with E-state index < -0.39 is 24.0 Å². The number of nitrogens with one attached hydrogen (secondary N) is 1. The Bertz CT molecular complexity index is 583. The monoisotopic (exact) mass is 290 g/mol. The molecule has 6 nitrogen and oxygen atoms in total. The molecule has 2 unspecified atom stereocenters. The molecule has 0 radical (unpaired) electrons. The summed E-state index contributed by atoms with van der Waals surface area (Å²) in [5.74, 6) is -1.17. The molecule has 0 aromatic heterocycles. The summed E-state index contributed by atoms with van der Waals surface area (Å²) in [7, 11) is 0. The molecule has 2 N–H and O–H groups in total. The number of rotatable bonds is 4. The Morgan fingerprint density at radius 1 is 1.43 bits per heavy atom. The van der Waals surface area contributed by atoms with E-state index in [0.29, 0.717) is 24.3 Å². The number of aliphatic imine (C=N–C) groups is 1. The number of hydrogen-bond donors (Lipinski definition) is 2. The minimum absolute atomic E-state index is 0.0193. The molecular formula is C15H18N2O4. The molecule has 0 spiro atoms. The third-order valence-corrected chi connectivity index (χ3v) is 3.31. The van der Waals surface area contributed by atoms with Crippen LogP contribution in [-0.2, 0) is 9.53 Å². The van der Waals surface area contributed by atoms with Crippen molar-refractivity contribution in [3.63, 3.8) is 0 Å². The van der Waals surface area contributed by atoms with Gasteiger partial charge in [0.2, 0.25) is 0 Å². The molecule has 1 heterocycles. The Labute approximate surface area is 122 Å². The highest BCUT2D eigenvalue weighted by Gasteiger charge is 2.38. The first-order valence-corrected chi connectivity index (χ1v) is 6.84. The van der Waals surface area contributed by atoms with Gasteiger partial charge in [0.25, 0.3) is 0 Å². The van der Waals surface area contributed by atoms with Gasteiger partial charge in [-0.25, -0.2) is 9.79 Å². The molecule has 1 aromatic carbocycles. The fraction of sp³-hybridized carbons (Fsp3) is 0.400. The van der Waals surface area contributed by atoms with Gasteiger partial charge in [0, 0.05) is 11.3 Å². The first kappa shape index (κ1) is 15.0. The quantitative estimate of drug-likeness (QED) is 0.832. The van der Waals surface area contributed by atoms with Crippen molar-refractivity contribution in [1.29, 1.82) is 0 Å². The van der Waals surface area contributed by atoms with E-state index in [9.17, 15) is 14.7 Å². The van der Waals surface area contributed by atoms with Gasteiger partial charge in [0.05, 0.1) is 12.6 Å². The van der Waals surface area contributed by atoms with Gasteiger partial charge in [-0.15, -0.1) is 0 Å². The summed E-state index contributed by atoms with van der Waals surface area (Å²) in [6, 6.07) is 5.38. The predicted molar refractivity (Wildman–Crippen MR) is 77.2 cm³/mol. The lowest BCUT2D eigenvalue weighted by Gasteiger charge is -2.30. The molecule has 0 saturated heterocycles. The van der Waals surface area contributed by atoms with E-state index in [1.165, 1.54) is 6.07 Å². The van der Waals surface area contributed by atoms with Gasteiger partial charge >= 0.3 is 12.0 Å². The number of phenolic OH excluding ortho intramolecular Hbond substituents is 1. The molecule has 2 atom stereocenters. The van der Waals surface area contributed by atoms with Crippen LogP contribution in [0.2, 0.25) is 0 Å². The maximum absolute atomic E-state index is 12.2. The first-order valence-electron chi connectivity index (χ1n) is 6.84. The van der Waals surface area contributed by atoms with Crippen LogP contribution in [0, 0.1) is 5.92 Å². The van der Waals surface area contributed by atoms with E-state index in [2.05, 4.69) is 10.3 Å². The van der Waals surface area contributed by atoms with Gasteiger partial charge < -0.3 is 15.2 Å². The summed E-state index contributed by atoms with van der Waals surface area (Å²) in [5.41, 5.74) is 0.853. The lowest BCUT2D eigenvalue weighted by Crippen LogP contribution is -2.44. The molecule has 1 aliphatic heterocycles. The van der Waals surface area contributed by atoms with Gasteiger partial charge in [-0.05, 0) is 19.4 Å². The second kappa shape index (κ2) is 6.39. The summed E-state index contributed by atoms with van der Waals surface area (Å²) in [4.78, 5) is 27.6. The normalized spacial score (nSPS) is 21.4. The second-order valence-electron chi connectivity index (χ2n) is 4.88. The molecule has 0 bridgehead atoms. The first-order chi connectivity index (χ1) is 10.0. The molecule has 0 aliphatic carbocycles. The number of esters is 1. The summed E-state index contributed by atoms with van der Waals surface area (Å²) < 4.78 is 5.18. The van der Waals surface area contributed by atoms with E-state index >= 15 is 0 Å². The second-order valence-corrected chi connectivity index (χ2v) is 4.88. The summed E-state index contributed by atoms with van der Waals surface area (Å²) in [5, 5.41) is 12.6. The van der Waals surface area contributed by atoms with Gasteiger partial charge in [0.1, 0.15) is 11.7 Å². The number of phenols is 1. The van der Waals surface area contributed by atoms with Crippen molar-refractivity contribution in [2.45, 2.75) is 26.3 Å². The van der Waals surface area contributed by atoms with Crippen LogP contribution in [0.15, 0.2) is 29.3 Å². The minimum Gasteiger partial charge on any atom is -0.508 e. The molecule has 112 valence electrons. The summed E-state index contributed by atoms with van der Waals surface area (Å²) in [6.07, 6.45) is 0.711. The van der Waals surface area contributed by atoms with Crippen molar-refractivity contribution in [3.8, 4) is 5.75 Å². The Hall–Kier alpha value is -2.37. The zero-order chi connectivity index (χ0) is 15.4. The zero-order valence-corrected chi connectivity index (χ0v) is 12.0. The van der Waals surface area contributed by atoms with Gasteiger partial charge in [-0.2, -0.15) is 0 Å². The number of urea groups is 1. The minimum atomic E-state index is -0.734. The SMILES string of the molecule is CCCOC(=O)C1C(C)=NC(=O)NC1c1ccccc1O. The van der Waals surface area contributed by atoms with Crippen molar-refractivity contribution < 1.29 is 19.4 Å². The average Bonchev–Trinajstić information content (AvgIpc) is 2.44. The summed E-state index contributed by atoms with van der Waals surface area (Å²) in [6.45, 7) is 3.82. The number of hydrogen-bond acceptors (Lipinski definition) is 4. The summed E-state index contributed by atoms with van der Waals surface area (Å²) >= 11 is 0. The van der Waals surface area contributed by atoms with E-state index in [4.69, 9.17) is 4.74 Å². The number of para-hydroxylation sites is 1. The lowest BCUT2D eigenvalue weighted by atomic mass is 9.88. The van der Waals surface area contributed by atoms with Crippen molar-refractivity contribution in [1.82, 2.24) is 5.32 Å². The van der Waals surface area contributed by atoms with Crippen LogP contribution >= 0.6 is 0 Å². The Kier molecular flexibility index (Phi) is 4.57. The number of benzene rings is 1. The highest BCUT2D eigenvalue weighted by atomic mass is 16.5. The van der Waals surface area contributed by atoms with E-state index in [1.807, 2.05) is 6.92 Å². The topological polar surface area (TPSA) is 88.0 Å². The Morgan fingerprint density at radius 2 is 2.14 bits per heavy atom. The zero-order valence-electron chi connectivity index (χ0n) is 12.0. The number of nitrogens with zero attached hydrogens (tertiary/aromatic N) is 1. The molecule has 2 rings (SSSR count). The van der Waals surface area contributed by atoms with Crippen LogP contribution in [0.4, 0.5) is 4.79 Å². The molecule has 21 heavy (non-hydrogen) atoms. The third-order valence-electron chi connectivity index (χ3n) is 3.31. The van der Waals surface area contributed by atoms with E-state index in [0.717, 1.165) is 0 Å². The highest BCUT2D eigenvalue weighted by Crippen LogP contribution is 2.33. The van der Waals surface area contributed by atoms with E-state index in [1.54, 1.807) is 25.1 Å². The number of ether oxygens (including phenoxy) is 1. The van der Waals surface area contributed by atoms with Crippen LogP contribution in [0.3, 0.4) is 0 Å². The molecule has 1 aliphatic rings. The standard InChI is InChI=1S/C15H18N2O4/c1-3-8-21-14(19)12-9(2)16-15(20)17-13(12)10-6-4-5-7-11(10)18/h4-7,12-13,18H,3,8H2,1-2H3,(H,17,20). The number of amides is 2. The van der Waals surface area contributed by atoms with Crippen LogP contribution in [0.1, 0.15) is 31.9 Å². The van der Waals surface area contributed by atoms with Crippen LogP contribution in [0.25, 0.3) is 0 Å². The highest BCUT2D eigenvalue weighted by molar-refractivity contribution is 6.08. The van der Waals surface area contributed by atoms with Crippen molar-refractivity contribution in [2.75, 3.05) is 6.61 Å². The van der Waals surface area contributed by atoms with Crippen LogP contribution in [0.5, 0.6) is 5.75 Å². The van der Waals surface area contributed by atoms with Gasteiger partial charge in [-0.1, -0.05) is 25.1 Å². The van der Waals surface area contributed by atoms with Crippen LogP contribution < -0.4 is 5.32 Å². The number of aromatic hydroxyl groups is 1. The molecule has 1 aromatic rings. The van der Waals surface area contributed by atoms with Crippen molar-refractivity contribution in [3.05, 3.63) is 29.8 Å². The number of carbonyl (C=O) groups excluding carboxylic acids is 2. The van der Waals surface area contributed by atoms with Crippen molar-refractivity contribution in [2.24, 2.45) is 10.9 Å². The molecular weight excluding hydrogens is 272 g/mol.